The molecule has 3 fully saturated rings. The van der Waals surface area contributed by atoms with Crippen molar-refractivity contribution in [1.82, 2.24) is 0 Å². The lowest BCUT2D eigenvalue weighted by molar-refractivity contribution is 0.160. The summed E-state index contributed by atoms with van der Waals surface area (Å²) in [7, 11) is 0. The Bertz CT molecular complexity index is 480. The highest BCUT2D eigenvalue weighted by Gasteiger charge is 2.66. The normalized spacial score (nSPS) is 46.0. The molecule has 7 atom stereocenters. The van der Waals surface area contributed by atoms with Crippen molar-refractivity contribution in [2.24, 2.45) is 35.0 Å². The average Bonchev–Trinajstić information content (AvgIpc) is 2.88. The fourth-order valence-electron chi connectivity index (χ4n) is 5.93. The van der Waals surface area contributed by atoms with Crippen molar-refractivity contribution >= 4 is 0 Å². The SMILES string of the molecule is C=C1CC[C@@H]2[C@H]([C@@H]3[C@H](C)CC[C@@H]13)[C@@]2(C)C[C@H](O)C=C(C)CO. The summed E-state index contributed by atoms with van der Waals surface area (Å²) < 4.78 is 0. The molecule has 3 rings (SSSR count). The average molecular weight is 304 g/mol. The first kappa shape index (κ1) is 16.3. The molecule has 0 aromatic rings. The van der Waals surface area contributed by atoms with Crippen molar-refractivity contribution in [2.75, 3.05) is 6.61 Å². The van der Waals surface area contributed by atoms with Gasteiger partial charge in [-0.05, 0) is 79.6 Å². The molecule has 0 aliphatic heterocycles. The van der Waals surface area contributed by atoms with Gasteiger partial charge in [-0.2, -0.15) is 0 Å². The summed E-state index contributed by atoms with van der Waals surface area (Å²) in [4.78, 5) is 0. The second-order valence-corrected chi connectivity index (χ2v) is 8.52. The minimum Gasteiger partial charge on any atom is -0.392 e. The summed E-state index contributed by atoms with van der Waals surface area (Å²) in [5, 5.41) is 19.5. The Morgan fingerprint density at radius 1 is 1.41 bits per heavy atom. The monoisotopic (exact) mass is 304 g/mol. The van der Waals surface area contributed by atoms with Crippen molar-refractivity contribution in [2.45, 2.75) is 59.0 Å². The maximum absolute atomic E-state index is 10.4. The lowest BCUT2D eigenvalue weighted by Gasteiger charge is -2.27. The second-order valence-electron chi connectivity index (χ2n) is 8.52. The Morgan fingerprint density at radius 2 is 2.14 bits per heavy atom. The van der Waals surface area contributed by atoms with Gasteiger partial charge in [0.05, 0.1) is 12.7 Å². The van der Waals surface area contributed by atoms with Crippen LogP contribution < -0.4 is 0 Å². The molecule has 3 saturated carbocycles. The van der Waals surface area contributed by atoms with Crippen LogP contribution in [0.25, 0.3) is 0 Å². The zero-order valence-electron chi connectivity index (χ0n) is 14.4. The fourth-order valence-corrected chi connectivity index (χ4v) is 5.93. The number of aliphatic hydroxyl groups excluding tert-OH is 2. The van der Waals surface area contributed by atoms with Gasteiger partial charge in [0.25, 0.3) is 0 Å². The van der Waals surface area contributed by atoms with Gasteiger partial charge in [0.1, 0.15) is 0 Å². The molecule has 2 N–H and O–H groups in total. The van der Waals surface area contributed by atoms with Crippen LogP contribution >= 0.6 is 0 Å². The number of hydrogen-bond donors (Lipinski definition) is 2. The number of fused-ring (bicyclic) bond motifs is 3. The highest BCUT2D eigenvalue weighted by atomic mass is 16.3. The molecule has 0 unspecified atom stereocenters. The van der Waals surface area contributed by atoms with E-state index in [9.17, 15) is 5.11 Å². The largest absolute Gasteiger partial charge is 0.392 e. The van der Waals surface area contributed by atoms with Crippen LogP contribution in [0.3, 0.4) is 0 Å². The Hall–Kier alpha value is -0.600. The van der Waals surface area contributed by atoms with E-state index in [-0.39, 0.29) is 12.0 Å². The first-order valence-corrected chi connectivity index (χ1v) is 9.02. The standard InChI is InChI=1S/C20H32O2/c1-12(11-21)9-15(22)10-20(4)17-8-6-13(2)16-7-5-14(3)18(16)19(17)20/h9,14-19,21-22H,2,5-8,10-11H2,1,3-4H3/t14-,15-,16+,17-,18-,19-,20+/m1/s1. The first-order chi connectivity index (χ1) is 10.4. The van der Waals surface area contributed by atoms with Gasteiger partial charge in [0.15, 0.2) is 0 Å². The Morgan fingerprint density at radius 3 is 2.82 bits per heavy atom. The third kappa shape index (κ3) is 2.59. The van der Waals surface area contributed by atoms with Crippen LogP contribution in [0.2, 0.25) is 0 Å². The van der Waals surface area contributed by atoms with E-state index in [0.717, 1.165) is 41.6 Å². The van der Waals surface area contributed by atoms with Crippen molar-refractivity contribution in [3.63, 3.8) is 0 Å². The van der Waals surface area contributed by atoms with E-state index in [1.807, 2.05) is 13.0 Å². The van der Waals surface area contributed by atoms with Crippen LogP contribution in [0, 0.1) is 35.0 Å². The van der Waals surface area contributed by atoms with Gasteiger partial charge in [-0.3, -0.25) is 0 Å². The summed E-state index contributed by atoms with van der Waals surface area (Å²) in [6, 6.07) is 0. The highest BCUT2D eigenvalue weighted by Crippen LogP contribution is 2.72. The van der Waals surface area contributed by atoms with Crippen molar-refractivity contribution in [1.29, 1.82) is 0 Å². The Balaban J connectivity index is 1.76. The summed E-state index contributed by atoms with van der Waals surface area (Å²) in [5.74, 6) is 3.86. The van der Waals surface area contributed by atoms with E-state index < -0.39 is 6.10 Å². The summed E-state index contributed by atoms with van der Waals surface area (Å²) in [6.45, 7) is 11.1. The van der Waals surface area contributed by atoms with E-state index in [2.05, 4.69) is 20.4 Å². The molecule has 3 aliphatic carbocycles. The van der Waals surface area contributed by atoms with Crippen LogP contribution in [0.15, 0.2) is 23.8 Å². The maximum Gasteiger partial charge on any atom is 0.0729 e. The van der Waals surface area contributed by atoms with Crippen LogP contribution in [0.4, 0.5) is 0 Å². The molecule has 0 bridgehead atoms. The smallest absolute Gasteiger partial charge is 0.0729 e. The number of rotatable bonds is 4. The molecule has 124 valence electrons. The predicted molar refractivity (Wildman–Crippen MR) is 90.3 cm³/mol. The first-order valence-electron chi connectivity index (χ1n) is 9.02. The molecule has 3 aliphatic rings. The molecule has 22 heavy (non-hydrogen) atoms. The third-order valence-corrected chi connectivity index (χ3v) is 7.08. The van der Waals surface area contributed by atoms with E-state index in [1.165, 1.54) is 31.3 Å². The molecule has 0 amide bonds. The molecular weight excluding hydrogens is 272 g/mol. The van der Waals surface area contributed by atoms with Crippen LogP contribution in [0.1, 0.15) is 52.9 Å². The molecule has 0 saturated heterocycles. The molecule has 0 radical (unpaired) electrons. The number of hydrogen-bond acceptors (Lipinski definition) is 2. The van der Waals surface area contributed by atoms with E-state index in [0.29, 0.717) is 0 Å². The zero-order valence-corrected chi connectivity index (χ0v) is 14.4. The Kier molecular flexibility index (Phi) is 4.28. The molecule has 2 heteroatoms. The van der Waals surface area contributed by atoms with Crippen molar-refractivity contribution in [3.05, 3.63) is 23.8 Å². The van der Waals surface area contributed by atoms with E-state index >= 15 is 0 Å². The predicted octanol–water partition coefficient (Wildman–Crippen LogP) is 3.94. The third-order valence-electron chi connectivity index (χ3n) is 7.08. The number of aliphatic hydroxyl groups is 2. The number of allylic oxidation sites excluding steroid dienone is 1. The van der Waals surface area contributed by atoms with Crippen LogP contribution in [0.5, 0.6) is 0 Å². The van der Waals surface area contributed by atoms with E-state index in [4.69, 9.17) is 5.11 Å². The summed E-state index contributed by atoms with van der Waals surface area (Å²) >= 11 is 0. The van der Waals surface area contributed by atoms with Gasteiger partial charge < -0.3 is 10.2 Å². The van der Waals surface area contributed by atoms with Gasteiger partial charge in [0, 0.05) is 0 Å². The summed E-state index contributed by atoms with van der Waals surface area (Å²) in [5.41, 5.74) is 2.66. The maximum atomic E-state index is 10.4. The van der Waals surface area contributed by atoms with Gasteiger partial charge in [-0.15, -0.1) is 0 Å². The van der Waals surface area contributed by atoms with Gasteiger partial charge >= 0.3 is 0 Å². The topological polar surface area (TPSA) is 40.5 Å². The minimum absolute atomic E-state index is 0.0438. The molecule has 0 spiro atoms. The lowest BCUT2D eigenvalue weighted by Crippen LogP contribution is -2.22. The quantitative estimate of drug-likeness (QED) is 0.772. The molecule has 0 heterocycles. The molecule has 0 aromatic heterocycles. The minimum atomic E-state index is -0.414. The van der Waals surface area contributed by atoms with Crippen molar-refractivity contribution < 1.29 is 10.2 Å². The van der Waals surface area contributed by atoms with Crippen LogP contribution in [-0.4, -0.2) is 22.9 Å². The molecule has 0 aromatic carbocycles. The second kappa shape index (κ2) is 5.79. The van der Waals surface area contributed by atoms with Gasteiger partial charge in [-0.1, -0.05) is 32.1 Å². The highest BCUT2D eigenvalue weighted by molar-refractivity contribution is 5.22. The van der Waals surface area contributed by atoms with Crippen molar-refractivity contribution in [3.8, 4) is 0 Å². The van der Waals surface area contributed by atoms with Gasteiger partial charge in [0.2, 0.25) is 0 Å². The van der Waals surface area contributed by atoms with Crippen LogP contribution in [-0.2, 0) is 0 Å². The zero-order chi connectivity index (χ0) is 16.1. The molecule has 2 nitrogen and oxygen atoms in total. The fraction of sp³-hybridized carbons (Fsp3) is 0.800. The van der Waals surface area contributed by atoms with Gasteiger partial charge in [-0.25, -0.2) is 0 Å². The molecular formula is C20H32O2. The Labute approximate surface area is 135 Å². The lowest BCUT2D eigenvalue weighted by atomic mass is 9.78. The summed E-state index contributed by atoms with van der Waals surface area (Å²) in [6.07, 6.45) is 7.40. The van der Waals surface area contributed by atoms with E-state index in [1.54, 1.807) is 0 Å².